The monoisotopic (exact) mass is 297 g/mol. The first kappa shape index (κ1) is 13.5. The summed E-state index contributed by atoms with van der Waals surface area (Å²) < 4.78 is 7.80. The highest BCUT2D eigenvalue weighted by Gasteiger charge is 2.25. The van der Waals surface area contributed by atoms with Crippen LogP contribution < -0.4 is 5.32 Å². The van der Waals surface area contributed by atoms with Gasteiger partial charge in [-0.2, -0.15) is 5.10 Å². The van der Waals surface area contributed by atoms with Crippen LogP contribution in [0.5, 0.6) is 0 Å². The number of hydrogen-bond acceptors (Lipinski definition) is 3. The van der Waals surface area contributed by atoms with Gasteiger partial charge < -0.3 is 10.1 Å². The third-order valence-corrected chi connectivity index (χ3v) is 4.29. The molecule has 2 aliphatic rings. The molecular formula is C17H19N3O2. The van der Waals surface area contributed by atoms with E-state index in [1.165, 1.54) is 12.8 Å². The second-order valence-corrected chi connectivity index (χ2v) is 6.07. The number of carbonyl (C=O) groups is 1. The van der Waals surface area contributed by atoms with Crippen LogP contribution in [0.4, 0.5) is 0 Å². The summed E-state index contributed by atoms with van der Waals surface area (Å²) >= 11 is 0. The van der Waals surface area contributed by atoms with Gasteiger partial charge in [0.25, 0.3) is 5.91 Å². The van der Waals surface area contributed by atoms with Crippen molar-refractivity contribution in [3.05, 3.63) is 53.3 Å². The molecular weight excluding hydrogens is 278 g/mol. The van der Waals surface area contributed by atoms with E-state index in [0.29, 0.717) is 24.8 Å². The number of nitrogens with zero attached hydrogens (tertiary/aromatic N) is 2. The molecule has 0 bridgehead atoms. The predicted molar refractivity (Wildman–Crippen MR) is 81.3 cm³/mol. The largest absolute Gasteiger partial charge is 0.365 e. The SMILES string of the molecule is O=C(NCC1CC1)c1cc2n(n1)CC(c1ccccc1)OC2. The molecule has 2 aromatic rings. The number of hydrogen-bond donors (Lipinski definition) is 1. The standard InChI is InChI=1S/C17H19N3O2/c21-17(18-9-12-6-7-12)15-8-14-11-22-16(10-20(14)19-15)13-4-2-1-3-5-13/h1-5,8,12,16H,6-7,9-11H2,(H,18,21). The number of rotatable bonds is 4. The Morgan fingerprint density at radius 2 is 2.14 bits per heavy atom. The zero-order valence-corrected chi connectivity index (χ0v) is 12.4. The fourth-order valence-electron chi connectivity index (χ4n) is 2.76. The van der Waals surface area contributed by atoms with Gasteiger partial charge in [0.15, 0.2) is 5.69 Å². The molecule has 5 nitrogen and oxygen atoms in total. The third kappa shape index (κ3) is 2.76. The summed E-state index contributed by atoms with van der Waals surface area (Å²) in [5.41, 5.74) is 2.60. The van der Waals surface area contributed by atoms with Crippen molar-refractivity contribution < 1.29 is 9.53 Å². The smallest absolute Gasteiger partial charge is 0.271 e. The molecule has 1 unspecified atom stereocenters. The summed E-state index contributed by atoms with van der Waals surface area (Å²) in [4.78, 5) is 12.1. The molecule has 1 aromatic carbocycles. The van der Waals surface area contributed by atoms with Gasteiger partial charge in [-0.15, -0.1) is 0 Å². The normalized spacial score (nSPS) is 20.5. The summed E-state index contributed by atoms with van der Waals surface area (Å²) in [7, 11) is 0. The Labute approximate surface area is 129 Å². The van der Waals surface area contributed by atoms with Crippen LogP contribution in [0.3, 0.4) is 0 Å². The van der Waals surface area contributed by atoms with E-state index in [9.17, 15) is 4.79 Å². The summed E-state index contributed by atoms with van der Waals surface area (Å²) in [6.07, 6.45) is 2.45. The van der Waals surface area contributed by atoms with E-state index in [1.54, 1.807) is 0 Å². The first-order chi connectivity index (χ1) is 10.8. The van der Waals surface area contributed by atoms with Crippen LogP contribution in [-0.4, -0.2) is 22.2 Å². The van der Waals surface area contributed by atoms with E-state index >= 15 is 0 Å². The average Bonchev–Trinajstić information content (AvgIpc) is 3.29. The van der Waals surface area contributed by atoms with E-state index < -0.39 is 0 Å². The maximum absolute atomic E-state index is 12.1. The zero-order valence-electron chi connectivity index (χ0n) is 12.4. The quantitative estimate of drug-likeness (QED) is 0.942. The van der Waals surface area contributed by atoms with Gasteiger partial charge in [-0.1, -0.05) is 30.3 Å². The van der Waals surface area contributed by atoms with E-state index in [0.717, 1.165) is 17.8 Å². The third-order valence-electron chi connectivity index (χ3n) is 4.29. The molecule has 5 heteroatoms. The Balaban J connectivity index is 1.47. The highest BCUT2D eigenvalue weighted by molar-refractivity contribution is 5.92. The van der Waals surface area contributed by atoms with Crippen LogP contribution in [0.2, 0.25) is 0 Å². The lowest BCUT2D eigenvalue weighted by Gasteiger charge is -2.24. The Morgan fingerprint density at radius 3 is 2.91 bits per heavy atom. The topological polar surface area (TPSA) is 56.2 Å². The molecule has 1 aliphatic heterocycles. The van der Waals surface area contributed by atoms with Gasteiger partial charge in [0.1, 0.15) is 6.10 Å². The molecule has 0 radical (unpaired) electrons. The van der Waals surface area contributed by atoms with Crippen molar-refractivity contribution in [3.63, 3.8) is 0 Å². The van der Waals surface area contributed by atoms with Crippen molar-refractivity contribution in [3.8, 4) is 0 Å². The number of carbonyl (C=O) groups excluding carboxylic acids is 1. The van der Waals surface area contributed by atoms with Gasteiger partial charge in [0.05, 0.1) is 18.8 Å². The maximum atomic E-state index is 12.1. The second kappa shape index (κ2) is 5.57. The minimum Gasteiger partial charge on any atom is -0.365 e. The van der Waals surface area contributed by atoms with Crippen LogP contribution in [-0.2, 0) is 17.9 Å². The van der Waals surface area contributed by atoms with Gasteiger partial charge in [-0.3, -0.25) is 9.48 Å². The second-order valence-electron chi connectivity index (χ2n) is 6.07. The lowest BCUT2D eigenvalue weighted by Crippen LogP contribution is -2.26. The van der Waals surface area contributed by atoms with Crippen molar-refractivity contribution in [2.24, 2.45) is 5.92 Å². The molecule has 22 heavy (non-hydrogen) atoms. The molecule has 1 aliphatic carbocycles. The maximum Gasteiger partial charge on any atom is 0.271 e. The summed E-state index contributed by atoms with van der Waals surface area (Å²) in [5, 5.41) is 7.41. The molecule has 4 rings (SSSR count). The Hall–Kier alpha value is -2.14. The van der Waals surface area contributed by atoms with Crippen LogP contribution in [0, 0.1) is 5.92 Å². The Kier molecular flexibility index (Phi) is 3.42. The van der Waals surface area contributed by atoms with Crippen molar-refractivity contribution in [1.82, 2.24) is 15.1 Å². The lowest BCUT2D eigenvalue weighted by atomic mass is 10.1. The highest BCUT2D eigenvalue weighted by atomic mass is 16.5. The molecule has 114 valence electrons. The van der Waals surface area contributed by atoms with Crippen LogP contribution >= 0.6 is 0 Å². The van der Waals surface area contributed by atoms with E-state index in [4.69, 9.17) is 4.74 Å². The van der Waals surface area contributed by atoms with Gasteiger partial charge in [0.2, 0.25) is 0 Å². The number of nitrogens with one attached hydrogen (secondary N) is 1. The zero-order chi connectivity index (χ0) is 14.9. The number of aromatic nitrogens is 2. The van der Waals surface area contributed by atoms with Gasteiger partial charge in [0, 0.05) is 6.54 Å². The Bertz CT molecular complexity index is 676. The van der Waals surface area contributed by atoms with E-state index in [2.05, 4.69) is 22.5 Å². The average molecular weight is 297 g/mol. The summed E-state index contributed by atoms with van der Waals surface area (Å²) in [5.74, 6) is 0.594. The van der Waals surface area contributed by atoms with E-state index in [-0.39, 0.29) is 12.0 Å². The molecule has 2 heterocycles. The fraction of sp³-hybridized carbons (Fsp3) is 0.412. The van der Waals surface area contributed by atoms with Gasteiger partial charge >= 0.3 is 0 Å². The van der Waals surface area contributed by atoms with Crippen molar-refractivity contribution in [2.75, 3.05) is 6.54 Å². The fourth-order valence-corrected chi connectivity index (χ4v) is 2.76. The summed E-state index contributed by atoms with van der Waals surface area (Å²) in [6, 6.07) is 12.0. The predicted octanol–water partition coefficient (Wildman–Crippen LogP) is 2.29. The molecule has 1 atom stereocenters. The summed E-state index contributed by atoms with van der Waals surface area (Å²) in [6.45, 7) is 1.90. The van der Waals surface area contributed by atoms with Gasteiger partial charge in [-0.25, -0.2) is 0 Å². The Morgan fingerprint density at radius 1 is 1.32 bits per heavy atom. The first-order valence-corrected chi connectivity index (χ1v) is 7.81. The molecule has 1 fully saturated rings. The van der Waals surface area contributed by atoms with Gasteiger partial charge in [-0.05, 0) is 30.4 Å². The van der Waals surface area contributed by atoms with E-state index in [1.807, 2.05) is 28.9 Å². The number of fused-ring (bicyclic) bond motifs is 1. The molecule has 1 amide bonds. The minimum absolute atomic E-state index is 0.00373. The molecule has 1 N–H and O–H groups in total. The number of benzene rings is 1. The lowest BCUT2D eigenvalue weighted by molar-refractivity contribution is -0.00119. The molecule has 1 saturated carbocycles. The molecule has 1 aromatic heterocycles. The minimum atomic E-state index is -0.0786. The molecule has 0 saturated heterocycles. The van der Waals surface area contributed by atoms with Crippen LogP contribution in [0.25, 0.3) is 0 Å². The van der Waals surface area contributed by atoms with Crippen molar-refractivity contribution in [1.29, 1.82) is 0 Å². The van der Waals surface area contributed by atoms with Crippen molar-refractivity contribution >= 4 is 5.91 Å². The number of ether oxygens (including phenoxy) is 1. The molecule has 0 spiro atoms. The highest BCUT2D eigenvalue weighted by Crippen LogP contribution is 2.28. The van der Waals surface area contributed by atoms with Crippen LogP contribution in [0.15, 0.2) is 36.4 Å². The first-order valence-electron chi connectivity index (χ1n) is 7.81. The number of amides is 1. The van der Waals surface area contributed by atoms with Crippen molar-refractivity contribution in [2.45, 2.75) is 32.1 Å². The van der Waals surface area contributed by atoms with Crippen LogP contribution in [0.1, 0.15) is 40.7 Å².